The number of nitrogens with zero attached hydrogens (tertiary/aromatic N) is 2. The third-order valence-corrected chi connectivity index (χ3v) is 0.531. The normalized spacial score (nSPS) is 17.0. The number of hydrogen-bond donors (Lipinski definition) is 1. The van der Waals surface area contributed by atoms with E-state index in [0.717, 1.165) is 0 Å². The molecule has 0 aromatic heterocycles. The Morgan fingerprint density at radius 3 is 2.86 bits per heavy atom. The lowest BCUT2D eigenvalue weighted by Crippen LogP contribution is -2.22. The summed E-state index contributed by atoms with van der Waals surface area (Å²) in [6.07, 6.45) is 4.15. The van der Waals surface area contributed by atoms with Crippen molar-refractivity contribution >= 4 is 6.21 Å². The van der Waals surface area contributed by atoms with E-state index in [0.29, 0.717) is 0 Å². The molecule has 1 N–H and O–H groups in total. The second-order valence-corrected chi connectivity index (χ2v) is 1.03. The molecule has 0 amide bonds. The lowest BCUT2D eigenvalue weighted by Gasteiger charge is -2.06. The Morgan fingerprint density at radius 2 is 2.57 bits per heavy atom. The third-order valence-electron chi connectivity index (χ3n) is 0.531. The van der Waals surface area contributed by atoms with Crippen LogP contribution in [0.5, 0.6) is 0 Å². The van der Waals surface area contributed by atoms with Crippen LogP contribution in [0.4, 0.5) is 4.48 Å². The van der Waals surface area contributed by atoms with Gasteiger partial charge in [-0.25, -0.2) is 0 Å². The lowest BCUT2D eigenvalue weighted by atomic mass is 10.7. The van der Waals surface area contributed by atoms with Gasteiger partial charge in [0.05, 0.1) is 12.4 Å². The van der Waals surface area contributed by atoms with Crippen molar-refractivity contribution in [2.75, 3.05) is 0 Å². The van der Waals surface area contributed by atoms with Crippen molar-refractivity contribution in [1.29, 1.82) is 0 Å². The van der Waals surface area contributed by atoms with E-state index in [4.69, 9.17) is 0 Å². The van der Waals surface area contributed by atoms with Crippen LogP contribution < -0.4 is 5.53 Å². The van der Waals surface area contributed by atoms with Gasteiger partial charge in [0, 0.05) is 0 Å². The summed E-state index contributed by atoms with van der Waals surface area (Å²) < 4.78 is 11.7. The van der Waals surface area contributed by atoms with Gasteiger partial charge in [0.1, 0.15) is 0 Å². The fourth-order valence-corrected chi connectivity index (χ4v) is 0.279. The molecule has 0 spiro atoms. The zero-order valence-corrected chi connectivity index (χ0v) is 3.50. The van der Waals surface area contributed by atoms with Gasteiger partial charge < -0.3 is 0 Å². The van der Waals surface area contributed by atoms with Crippen molar-refractivity contribution < 1.29 is 4.48 Å². The van der Waals surface area contributed by atoms with Crippen LogP contribution in [0, 0.1) is 0 Å². The molecule has 0 radical (unpaired) electrons. The molecule has 0 saturated heterocycles. The first kappa shape index (κ1) is 4.11. The largest absolute Gasteiger partial charge is 0.190 e. The van der Waals surface area contributed by atoms with Gasteiger partial charge in [0.2, 0.25) is 0 Å². The van der Waals surface area contributed by atoms with E-state index >= 15 is 0 Å². The van der Waals surface area contributed by atoms with E-state index in [2.05, 4.69) is 5.10 Å². The summed E-state index contributed by atoms with van der Waals surface area (Å²) in [6, 6.07) is 0. The molecule has 0 bridgehead atoms. The Balaban J connectivity index is 2.49. The molecule has 0 fully saturated rings. The molecule has 0 aromatic rings. The average molecular weight is 101 g/mol. The predicted molar refractivity (Wildman–Crippen MR) is 23.7 cm³/mol. The van der Waals surface area contributed by atoms with Crippen molar-refractivity contribution in [3.05, 3.63) is 12.3 Å². The van der Waals surface area contributed by atoms with E-state index < -0.39 is 0 Å². The predicted octanol–water partition coefficient (Wildman–Crippen LogP) is 0.191. The van der Waals surface area contributed by atoms with Crippen LogP contribution in [0.1, 0.15) is 0 Å². The molecule has 0 aliphatic carbocycles. The fourth-order valence-electron chi connectivity index (χ4n) is 0.279. The Bertz CT molecular complexity index is 109. The average Bonchev–Trinajstić information content (AvgIpc) is 1.69. The summed E-state index contributed by atoms with van der Waals surface area (Å²) in [7, 11) is 0. The second kappa shape index (κ2) is 1.59. The van der Waals surface area contributed by atoms with E-state index in [1.165, 1.54) is 18.5 Å². The maximum absolute atomic E-state index is 11.7. The Kier molecular flexibility index (Phi) is 0.934. The number of hydrazine groups is 1. The standard InChI is InChI=1S/C3H4FN3/c4-7-3-1-2-5-6-7/h1-3,6H. The van der Waals surface area contributed by atoms with Crippen molar-refractivity contribution in [3.8, 4) is 0 Å². The highest BCUT2D eigenvalue weighted by Gasteiger charge is 1.89. The molecular weight excluding hydrogens is 97.1 g/mol. The Hall–Kier alpha value is -1.06. The maximum Gasteiger partial charge on any atom is 0.0602 e. The number of rotatable bonds is 0. The van der Waals surface area contributed by atoms with Crippen LogP contribution in [0.15, 0.2) is 17.4 Å². The first-order chi connectivity index (χ1) is 3.39. The molecule has 0 unspecified atom stereocenters. The van der Waals surface area contributed by atoms with Crippen LogP contribution in [0.3, 0.4) is 0 Å². The number of nitrogens with one attached hydrogen (secondary N) is 1. The molecule has 0 aromatic carbocycles. The molecule has 3 nitrogen and oxygen atoms in total. The second-order valence-electron chi connectivity index (χ2n) is 1.03. The van der Waals surface area contributed by atoms with Gasteiger partial charge in [-0.3, -0.25) is 0 Å². The van der Waals surface area contributed by atoms with Crippen LogP contribution in [-0.4, -0.2) is 11.4 Å². The van der Waals surface area contributed by atoms with E-state index in [9.17, 15) is 4.48 Å². The lowest BCUT2D eigenvalue weighted by molar-refractivity contribution is 0.0268. The van der Waals surface area contributed by atoms with Crippen LogP contribution in [-0.2, 0) is 0 Å². The molecular formula is C3H4FN3. The van der Waals surface area contributed by atoms with Gasteiger partial charge in [0.25, 0.3) is 0 Å². The van der Waals surface area contributed by atoms with Gasteiger partial charge in [-0.1, -0.05) is 4.48 Å². The van der Waals surface area contributed by atoms with Gasteiger partial charge in [0.15, 0.2) is 0 Å². The Labute approximate surface area is 40.0 Å². The molecule has 1 aliphatic heterocycles. The minimum absolute atomic E-state index is 0.264. The monoisotopic (exact) mass is 101 g/mol. The topological polar surface area (TPSA) is 27.6 Å². The van der Waals surface area contributed by atoms with Gasteiger partial charge >= 0.3 is 0 Å². The molecule has 4 heteroatoms. The van der Waals surface area contributed by atoms with Crippen LogP contribution >= 0.6 is 0 Å². The van der Waals surface area contributed by atoms with E-state index in [1.54, 1.807) is 0 Å². The summed E-state index contributed by atoms with van der Waals surface area (Å²) in [5, 5.41) is 3.61. The minimum atomic E-state index is 0.264. The maximum atomic E-state index is 11.7. The van der Waals surface area contributed by atoms with Gasteiger partial charge in [-0.2, -0.15) is 10.6 Å². The molecule has 1 aliphatic rings. The number of hydrogen-bond acceptors (Lipinski definition) is 3. The zero-order valence-electron chi connectivity index (χ0n) is 3.50. The third kappa shape index (κ3) is 0.887. The van der Waals surface area contributed by atoms with Crippen molar-refractivity contribution in [1.82, 2.24) is 10.8 Å². The van der Waals surface area contributed by atoms with Gasteiger partial charge in [-0.05, 0) is 6.08 Å². The summed E-state index contributed by atoms with van der Waals surface area (Å²) in [6.45, 7) is 0. The molecule has 1 rings (SSSR count). The SMILES string of the molecule is FN1C=CC=NN1. The fraction of sp³-hybridized carbons (Fsp3) is 0. The van der Waals surface area contributed by atoms with Gasteiger partial charge in [-0.15, -0.1) is 5.23 Å². The number of allylic oxidation sites excluding steroid dienone is 1. The van der Waals surface area contributed by atoms with Crippen molar-refractivity contribution in [2.24, 2.45) is 5.10 Å². The van der Waals surface area contributed by atoms with Crippen LogP contribution in [0.25, 0.3) is 0 Å². The molecule has 0 atom stereocenters. The summed E-state index contributed by atoms with van der Waals surface area (Å²) in [5.41, 5.74) is 2.03. The molecule has 38 valence electrons. The highest BCUT2D eigenvalue weighted by Crippen LogP contribution is 1.86. The summed E-state index contributed by atoms with van der Waals surface area (Å²) in [4.78, 5) is 0. The zero-order chi connectivity index (χ0) is 5.11. The highest BCUT2D eigenvalue weighted by molar-refractivity contribution is 5.70. The Morgan fingerprint density at radius 1 is 1.71 bits per heavy atom. The minimum Gasteiger partial charge on any atom is -0.190 e. The summed E-state index contributed by atoms with van der Waals surface area (Å²) >= 11 is 0. The number of halogens is 1. The van der Waals surface area contributed by atoms with E-state index in [-0.39, 0.29) is 5.23 Å². The van der Waals surface area contributed by atoms with E-state index in [1.807, 2.05) is 5.53 Å². The van der Waals surface area contributed by atoms with Crippen molar-refractivity contribution in [2.45, 2.75) is 0 Å². The molecule has 7 heavy (non-hydrogen) atoms. The quantitative estimate of drug-likeness (QED) is 0.441. The molecule has 0 saturated carbocycles. The molecule has 1 heterocycles. The summed E-state index contributed by atoms with van der Waals surface area (Å²) in [5.74, 6) is 0. The smallest absolute Gasteiger partial charge is 0.0602 e. The number of hydrazone groups is 1. The van der Waals surface area contributed by atoms with Crippen LogP contribution in [0.2, 0.25) is 0 Å². The highest BCUT2D eigenvalue weighted by atomic mass is 19.2. The first-order valence-electron chi connectivity index (χ1n) is 1.80. The first-order valence-corrected chi connectivity index (χ1v) is 1.80. The van der Waals surface area contributed by atoms with Crippen molar-refractivity contribution in [3.63, 3.8) is 0 Å².